The Morgan fingerprint density at radius 1 is 1.38 bits per heavy atom. The van der Waals surface area contributed by atoms with Crippen LogP contribution in [0.1, 0.15) is 25.5 Å². The summed E-state index contributed by atoms with van der Waals surface area (Å²) in [5.74, 6) is 0.0139. The van der Waals surface area contributed by atoms with Gasteiger partial charge in [-0.05, 0) is 37.8 Å². The molecule has 1 aromatic carbocycles. The molecule has 0 saturated heterocycles. The summed E-state index contributed by atoms with van der Waals surface area (Å²) >= 11 is 0. The molecule has 1 heterocycles. The molecule has 1 atom stereocenters. The second-order valence-corrected chi connectivity index (χ2v) is 6.46. The van der Waals surface area contributed by atoms with E-state index < -0.39 is 6.10 Å². The zero-order valence-electron chi connectivity index (χ0n) is 16.0. The molecule has 1 unspecified atom stereocenters. The Hall–Kier alpha value is -2.40. The van der Waals surface area contributed by atoms with Crippen LogP contribution in [-0.4, -0.2) is 46.9 Å². The lowest BCUT2D eigenvalue weighted by molar-refractivity contribution is -0.141. The zero-order valence-corrected chi connectivity index (χ0v) is 16.0. The van der Waals surface area contributed by atoms with Crippen molar-refractivity contribution in [2.24, 2.45) is 7.05 Å². The van der Waals surface area contributed by atoms with E-state index in [-0.39, 0.29) is 5.91 Å². The molecule has 0 bridgehead atoms. The maximum Gasteiger partial charge on any atom is 0.251 e. The van der Waals surface area contributed by atoms with Crippen molar-refractivity contribution in [1.29, 1.82) is 0 Å². The number of nitrogens with zero attached hydrogens (tertiary/aromatic N) is 3. The van der Waals surface area contributed by atoms with Gasteiger partial charge in [0.1, 0.15) is 6.10 Å². The van der Waals surface area contributed by atoms with Gasteiger partial charge < -0.3 is 9.64 Å². The van der Waals surface area contributed by atoms with E-state index in [2.05, 4.69) is 29.9 Å². The summed E-state index contributed by atoms with van der Waals surface area (Å²) in [7, 11) is 3.78. The molecule has 2 rings (SSSR count). The van der Waals surface area contributed by atoms with Crippen molar-refractivity contribution in [2.45, 2.75) is 32.3 Å². The van der Waals surface area contributed by atoms with E-state index in [4.69, 9.17) is 4.74 Å². The van der Waals surface area contributed by atoms with Crippen LogP contribution in [0.15, 0.2) is 49.1 Å². The number of aryl methyl sites for hydroxylation is 2. The molecule has 0 spiro atoms. The molecule has 0 fully saturated rings. The number of carbonyl (C=O) groups excluding carboxylic acids is 1. The monoisotopic (exact) mass is 355 g/mol. The second kappa shape index (κ2) is 9.92. The average Bonchev–Trinajstić information content (AvgIpc) is 3.02. The summed E-state index contributed by atoms with van der Waals surface area (Å²) in [5.41, 5.74) is 3.31. The summed E-state index contributed by atoms with van der Waals surface area (Å²) in [6.45, 7) is 6.66. The third-order valence-electron chi connectivity index (χ3n) is 4.34. The van der Waals surface area contributed by atoms with Gasteiger partial charge in [-0.3, -0.25) is 9.48 Å². The SMILES string of the molecule is C=CCCOC(C)C(=O)N(C)CCCc1cc(-c2ccccc2)n(C)n1. The van der Waals surface area contributed by atoms with E-state index in [0.717, 1.165) is 36.2 Å². The summed E-state index contributed by atoms with van der Waals surface area (Å²) < 4.78 is 7.43. The first-order chi connectivity index (χ1) is 12.5. The van der Waals surface area contributed by atoms with Gasteiger partial charge in [-0.1, -0.05) is 36.4 Å². The molecule has 140 valence electrons. The van der Waals surface area contributed by atoms with E-state index >= 15 is 0 Å². The second-order valence-electron chi connectivity index (χ2n) is 6.46. The number of hydrogen-bond acceptors (Lipinski definition) is 3. The topological polar surface area (TPSA) is 47.4 Å². The predicted octanol–water partition coefficient (Wildman–Crippen LogP) is 3.46. The van der Waals surface area contributed by atoms with Crippen LogP contribution in [0, 0.1) is 0 Å². The first kappa shape index (κ1) is 19.9. The van der Waals surface area contributed by atoms with Crippen molar-refractivity contribution >= 4 is 5.91 Å². The molecule has 0 saturated carbocycles. The largest absolute Gasteiger partial charge is 0.368 e. The molecule has 5 heteroatoms. The molecule has 26 heavy (non-hydrogen) atoms. The number of ether oxygens (including phenoxy) is 1. The minimum absolute atomic E-state index is 0.0139. The summed E-state index contributed by atoms with van der Waals surface area (Å²) in [4.78, 5) is 14.0. The van der Waals surface area contributed by atoms with E-state index in [1.54, 1.807) is 17.9 Å². The Morgan fingerprint density at radius 3 is 2.81 bits per heavy atom. The highest BCUT2D eigenvalue weighted by Gasteiger charge is 2.17. The van der Waals surface area contributed by atoms with Gasteiger partial charge in [-0.15, -0.1) is 6.58 Å². The van der Waals surface area contributed by atoms with Crippen LogP contribution in [0.2, 0.25) is 0 Å². The van der Waals surface area contributed by atoms with Crippen molar-refractivity contribution in [3.05, 3.63) is 54.7 Å². The molecule has 1 aromatic heterocycles. The third-order valence-corrected chi connectivity index (χ3v) is 4.34. The standard InChI is InChI=1S/C21H29N3O2/c1-5-6-15-26-17(2)21(25)23(3)14-10-13-19-16-20(24(4)22-19)18-11-8-7-9-12-18/h5,7-9,11-12,16-17H,1,6,10,13-15H2,2-4H3. The van der Waals surface area contributed by atoms with Gasteiger partial charge >= 0.3 is 0 Å². The number of aromatic nitrogens is 2. The van der Waals surface area contributed by atoms with Gasteiger partial charge in [-0.25, -0.2) is 0 Å². The molecular formula is C21H29N3O2. The number of carbonyl (C=O) groups is 1. The predicted molar refractivity (Wildman–Crippen MR) is 105 cm³/mol. The average molecular weight is 355 g/mol. The smallest absolute Gasteiger partial charge is 0.251 e. The molecular weight excluding hydrogens is 326 g/mol. The lowest BCUT2D eigenvalue weighted by atomic mass is 10.1. The van der Waals surface area contributed by atoms with Gasteiger partial charge in [0.15, 0.2) is 0 Å². The summed E-state index contributed by atoms with van der Waals surface area (Å²) in [5, 5.41) is 4.59. The number of benzene rings is 1. The van der Waals surface area contributed by atoms with Gasteiger partial charge in [0.05, 0.1) is 18.0 Å². The lowest BCUT2D eigenvalue weighted by Gasteiger charge is -2.21. The first-order valence-electron chi connectivity index (χ1n) is 9.08. The van der Waals surface area contributed by atoms with Crippen LogP contribution in [0.3, 0.4) is 0 Å². The quantitative estimate of drug-likeness (QED) is 0.484. The highest BCUT2D eigenvalue weighted by atomic mass is 16.5. The number of rotatable bonds is 10. The molecule has 5 nitrogen and oxygen atoms in total. The van der Waals surface area contributed by atoms with Crippen LogP contribution in [0.25, 0.3) is 11.3 Å². The molecule has 0 N–H and O–H groups in total. The lowest BCUT2D eigenvalue weighted by Crippen LogP contribution is -2.37. The van der Waals surface area contributed by atoms with Crippen molar-refractivity contribution in [3.8, 4) is 11.3 Å². The van der Waals surface area contributed by atoms with Crippen LogP contribution < -0.4 is 0 Å². The Balaban J connectivity index is 1.82. The fourth-order valence-corrected chi connectivity index (χ4v) is 2.85. The Bertz CT molecular complexity index is 709. The van der Waals surface area contributed by atoms with Gasteiger partial charge in [0.2, 0.25) is 0 Å². The summed E-state index contributed by atoms with van der Waals surface area (Å²) in [6, 6.07) is 12.4. The number of hydrogen-bond donors (Lipinski definition) is 0. The van der Waals surface area contributed by atoms with E-state index in [1.165, 1.54) is 0 Å². The van der Waals surface area contributed by atoms with Gasteiger partial charge in [-0.2, -0.15) is 5.10 Å². The Labute approximate surface area is 156 Å². The fourth-order valence-electron chi connectivity index (χ4n) is 2.85. The van der Waals surface area contributed by atoms with Crippen LogP contribution >= 0.6 is 0 Å². The van der Waals surface area contributed by atoms with Gasteiger partial charge in [0.25, 0.3) is 5.91 Å². The zero-order chi connectivity index (χ0) is 18.9. The third kappa shape index (κ3) is 5.56. The highest BCUT2D eigenvalue weighted by Crippen LogP contribution is 2.20. The minimum atomic E-state index is -0.417. The maximum absolute atomic E-state index is 12.3. The highest BCUT2D eigenvalue weighted by molar-refractivity contribution is 5.80. The van der Waals surface area contributed by atoms with Gasteiger partial charge in [0, 0.05) is 20.6 Å². The molecule has 0 aliphatic heterocycles. The van der Waals surface area contributed by atoms with Crippen LogP contribution in [0.4, 0.5) is 0 Å². The maximum atomic E-state index is 12.3. The van der Waals surface area contributed by atoms with Crippen LogP contribution in [-0.2, 0) is 23.0 Å². The van der Waals surface area contributed by atoms with Crippen molar-refractivity contribution in [1.82, 2.24) is 14.7 Å². The van der Waals surface area contributed by atoms with E-state index in [0.29, 0.717) is 13.2 Å². The van der Waals surface area contributed by atoms with Crippen molar-refractivity contribution in [2.75, 3.05) is 20.2 Å². The molecule has 0 aliphatic carbocycles. The first-order valence-corrected chi connectivity index (χ1v) is 9.08. The van der Waals surface area contributed by atoms with Crippen molar-refractivity contribution < 1.29 is 9.53 Å². The Morgan fingerprint density at radius 2 is 2.12 bits per heavy atom. The normalized spacial score (nSPS) is 12.0. The minimum Gasteiger partial charge on any atom is -0.368 e. The summed E-state index contributed by atoms with van der Waals surface area (Å²) in [6.07, 6.45) is 3.83. The number of likely N-dealkylation sites (N-methyl/N-ethyl adjacent to an activating group) is 1. The molecule has 0 aliphatic rings. The molecule has 1 amide bonds. The Kier molecular flexibility index (Phi) is 7.60. The van der Waals surface area contributed by atoms with Crippen molar-refractivity contribution in [3.63, 3.8) is 0 Å². The molecule has 2 aromatic rings. The van der Waals surface area contributed by atoms with E-state index in [9.17, 15) is 4.79 Å². The fraction of sp³-hybridized carbons (Fsp3) is 0.429. The van der Waals surface area contributed by atoms with Crippen LogP contribution in [0.5, 0.6) is 0 Å². The van der Waals surface area contributed by atoms with E-state index in [1.807, 2.05) is 37.0 Å². The molecule has 0 radical (unpaired) electrons. The number of amides is 1.